The second-order valence-corrected chi connectivity index (χ2v) is 9.61. The van der Waals surface area contributed by atoms with Gasteiger partial charge in [-0.15, -0.1) is 0 Å². The molecule has 9 heteroatoms. The number of nitrogens with zero attached hydrogens (tertiary/aromatic N) is 3. The fourth-order valence-corrected chi connectivity index (χ4v) is 4.87. The summed E-state index contributed by atoms with van der Waals surface area (Å²) in [5.74, 6) is 1.20. The topological polar surface area (TPSA) is 48.5 Å². The van der Waals surface area contributed by atoms with Gasteiger partial charge in [0.2, 0.25) is 5.91 Å². The van der Waals surface area contributed by atoms with Gasteiger partial charge in [0, 0.05) is 55.5 Å². The molecule has 2 aliphatic rings. The second-order valence-electron chi connectivity index (χ2n) is 9.17. The quantitative estimate of drug-likeness (QED) is 0.482. The number of pyridine rings is 1. The normalized spacial score (nSPS) is 17.7. The Balaban J connectivity index is 0.00000342. The number of aromatic nitrogens is 1. The van der Waals surface area contributed by atoms with Gasteiger partial charge in [0.05, 0.1) is 5.56 Å². The first-order valence-corrected chi connectivity index (χ1v) is 12.2. The van der Waals surface area contributed by atoms with Gasteiger partial charge in [-0.2, -0.15) is 13.2 Å². The lowest BCUT2D eigenvalue weighted by Crippen LogP contribution is -2.42. The number of alkyl halides is 3. The van der Waals surface area contributed by atoms with Crippen LogP contribution in [0.4, 0.5) is 24.7 Å². The van der Waals surface area contributed by atoms with Gasteiger partial charge in [-0.1, -0.05) is 19.0 Å². The Morgan fingerprint density at radius 2 is 1.66 bits per heavy atom. The molecule has 0 spiro atoms. The molecule has 1 amide bonds. The molecule has 0 saturated carbocycles. The van der Waals surface area contributed by atoms with Gasteiger partial charge in [-0.05, 0) is 74.4 Å². The summed E-state index contributed by atoms with van der Waals surface area (Å²) in [6, 6.07) is 10.4. The average molecular weight is 511 g/mol. The highest BCUT2D eigenvalue weighted by atomic mass is 35.5. The second kappa shape index (κ2) is 12.0. The van der Waals surface area contributed by atoms with Crippen molar-refractivity contribution in [2.75, 3.05) is 36.4 Å². The van der Waals surface area contributed by atoms with E-state index in [1.807, 2.05) is 17.0 Å². The molecule has 4 rings (SSSR count). The summed E-state index contributed by atoms with van der Waals surface area (Å²) in [7, 11) is 0. The molecule has 1 N–H and O–H groups in total. The van der Waals surface area contributed by atoms with E-state index >= 15 is 0 Å². The molecule has 0 unspecified atom stereocenters. The summed E-state index contributed by atoms with van der Waals surface area (Å²) in [5, 5.41) is 3.94. The van der Waals surface area contributed by atoms with Crippen LogP contribution in [0, 0.1) is 5.92 Å². The molecule has 0 radical (unpaired) electrons. The van der Waals surface area contributed by atoms with Crippen molar-refractivity contribution in [2.24, 2.45) is 5.92 Å². The molecule has 2 aromatic rings. The molecular weight excluding hydrogens is 477 g/mol. The van der Waals surface area contributed by atoms with Crippen molar-refractivity contribution >= 4 is 29.0 Å². The summed E-state index contributed by atoms with van der Waals surface area (Å²) in [6.45, 7) is 3.31. The van der Waals surface area contributed by atoms with Crippen LogP contribution < -0.4 is 10.2 Å². The number of hydrogen-bond donors (Lipinski definition) is 1. The van der Waals surface area contributed by atoms with Crippen LogP contribution in [0.25, 0.3) is 0 Å². The largest absolute Gasteiger partial charge is 0.417 e. The number of halogens is 4. The van der Waals surface area contributed by atoms with Crippen LogP contribution in [0.1, 0.15) is 51.5 Å². The van der Waals surface area contributed by atoms with Crippen molar-refractivity contribution in [1.29, 1.82) is 0 Å². The van der Waals surface area contributed by atoms with Gasteiger partial charge in [-0.3, -0.25) is 4.79 Å². The predicted molar refractivity (Wildman–Crippen MR) is 135 cm³/mol. The van der Waals surface area contributed by atoms with Crippen LogP contribution in [0.15, 0.2) is 42.6 Å². The smallest absolute Gasteiger partial charge is 0.372 e. The highest BCUT2D eigenvalue weighted by Gasteiger charge is 2.31. The number of benzene rings is 1. The van der Waals surface area contributed by atoms with E-state index in [0.717, 1.165) is 62.5 Å². The standard InChI is InChI=1S/C25H30ClF3N4O.CH4/c26-20-3-5-22(6-4-20)32-13-9-18(10-14-32)1-8-24(34)33-15-11-21(12-16-33)31-23-7-2-19(17-30-23)25(27,28)29;/h2-7,17-18,21H,1,8-16H2,(H,30,31);1H4. The molecule has 1 aromatic heterocycles. The van der Waals surface area contributed by atoms with Gasteiger partial charge < -0.3 is 15.1 Å². The number of piperidine rings is 2. The predicted octanol–water partition coefficient (Wildman–Crippen LogP) is 6.49. The Kier molecular flexibility index (Phi) is 9.27. The van der Waals surface area contributed by atoms with Crippen LogP contribution in [0.3, 0.4) is 0 Å². The number of anilines is 2. The van der Waals surface area contributed by atoms with E-state index in [1.54, 1.807) is 0 Å². The summed E-state index contributed by atoms with van der Waals surface area (Å²) >= 11 is 5.98. The molecule has 0 atom stereocenters. The number of carbonyl (C=O) groups excluding carboxylic acids is 1. The third-order valence-corrected chi connectivity index (χ3v) is 7.12. The van der Waals surface area contributed by atoms with E-state index in [4.69, 9.17) is 11.6 Å². The van der Waals surface area contributed by atoms with E-state index in [0.29, 0.717) is 31.2 Å². The Morgan fingerprint density at radius 3 is 2.23 bits per heavy atom. The molecule has 35 heavy (non-hydrogen) atoms. The molecule has 2 saturated heterocycles. The lowest BCUT2D eigenvalue weighted by molar-refractivity contribution is -0.137. The van der Waals surface area contributed by atoms with E-state index < -0.39 is 11.7 Å². The zero-order valence-electron chi connectivity index (χ0n) is 19.0. The summed E-state index contributed by atoms with van der Waals surface area (Å²) in [4.78, 5) is 20.9. The number of rotatable bonds is 6. The fourth-order valence-electron chi connectivity index (χ4n) is 4.75. The Bertz CT molecular complexity index is 937. The summed E-state index contributed by atoms with van der Waals surface area (Å²) < 4.78 is 38.0. The first kappa shape index (κ1) is 27.1. The van der Waals surface area contributed by atoms with Gasteiger partial charge in [0.1, 0.15) is 5.82 Å². The van der Waals surface area contributed by atoms with Crippen molar-refractivity contribution in [3.63, 3.8) is 0 Å². The minimum Gasteiger partial charge on any atom is -0.372 e. The first-order chi connectivity index (χ1) is 16.3. The van der Waals surface area contributed by atoms with Crippen LogP contribution in [-0.4, -0.2) is 48.0 Å². The van der Waals surface area contributed by atoms with E-state index in [-0.39, 0.29) is 19.4 Å². The molecule has 3 heterocycles. The summed E-state index contributed by atoms with van der Waals surface area (Å²) in [6.07, 6.45) is 1.64. The van der Waals surface area contributed by atoms with E-state index in [1.165, 1.54) is 11.8 Å². The number of amides is 1. The van der Waals surface area contributed by atoms with Crippen LogP contribution >= 0.6 is 11.6 Å². The van der Waals surface area contributed by atoms with Crippen molar-refractivity contribution in [3.05, 3.63) is 53.2 Å². The Morgan fingerprint density at radius 1 is 1.00 bits per heavy atom. The number of nitrogens with one attached hydrogen (secondary N) is 1. The van der Waals surface area contributed by atoms with Crippen molar-refractivity contribution in [2.45, 2.75) is 58.2 Å². The molecule has 192 valence electrons. The Labute approximate surface area is 210 Å². The fraction of sp³-hybridized carbons (Fsp3) is 0.538. The van der Waals surface area contributed by atoms with Crippen molar-refractivity contribution < 1.29 is 18.0 Å². The molecule has 5 nitrogen and oxygen atoms in total. The first-order valence-electron chi connectivity index (χ1n) is 11.9. The minimum absolute atomic E-state index is 0. The molecule has 2 aliphatic heterocycles. The molecule has 0 bridgehead atoms. The molecule has 2 fully saturated rings. The zero-order chi connectivity index (χ0) is 24.1. The van der Waals surface area contributed by atoms with Gasteiger partial charge in [0.15, 0.2) is 0 Å². The minimum atomic E-state index is -4.38. The van der Waals surface area contributed by atoms with Crippen LogP contribution in [-0.2, 0) is 11.0 Å². The lowest BCUT2D eigenvalue weighted by Gasteiger charge is -2.35. The average Bonchev–Trinajstić information content (AvgIpc) is 2.84. The van der Waals surface area contributed by atoms with Crippen LogP contribution in [0.2, 0.25) is 5.02 Å². The monoisotopic (exact) mass is 510 g/mol. The van der Waals surface area contributed by atoms with Gasteiger partial charge in [-0.25, -0.2) is 4.98 Å². The number of carbonyl (C=O) groups is 1. The highest BCUT2D eigenvalue weighted by Crippen LogP contribution is 2.30. The summed E-state index contributed by atoms with van der Waals surface area (Å²) in [5.41, 5.74) is 0.441. The van der Waals surface area contributed by atoms with E-state index in [9.17, 15) is 18.0 Å². The van der Waals surface area contributed by atoms with Gasteiger partial charge in [0.25, 0.3) is 0 Å². The molecular formula is C26H34ClF3N4O. The maximum atomic E-state index is 12.7. The number of hydrogen-bond acceptors (Lipinski definition) is 4. The third-order valence-electron chi connectivity index (χ3n) is 6.86. The zero-order valence-corrected chi connectivity index (χ0v) is 19.8. The SMILES string of the molecule is C.O=C(CCC1CCN(c2ccc(Cl)cc2)CC1)N1CCC(Nc2ccc(C(F)(F)F)cn2)CC1. The Hall–Kier alpha value is -2.48. The third kappa shape index (κ3) is 7.50. The maximum absolute atomic E-state index is 12.7. The van der Waals surface area contributed by atoms with Crippen molar-refractivity contribution in [1.82, 2.24) is 9.88 Å². The number of likely N-dealkylation sites (tertiary alicyclic amines) is 1. The van der Waals surface area contributed by atoms with Gasteiger partial charge >= 0.3 is 6.18 Å². The maximum Gasteiger partial charge on any atom is 0.417 e. The van der Waals surface area contributed by atoms with Crippen molar-refractivity contribution in [3.8, 4) is 0 Å². The lowest BCUT2D eigenvalue weighted by atomic mass is 9.91. The van der Waals surface area contributed by atoms with Crippen LogP contribution in [0.5, 0.6) is 0 Å². The molecule has 1 aromatic carbocycles. The van der Waals surface area contributed by atoms with E-state index in [2.05, 4.69) is 27.3 Å². The highest BCUT2D eigenvalue weighted by molar-refractivity contribution is 6.30. The molecule has 0 aliphatic carbocycles.